The van der Waals surface area contributed by atoms with E-state index in [9.17, 15) is 14.7 Å². The first-order valence-corrected chi connectivity index (χ1v) is 12.4. The Morgan fingerprint density at radius 2 is 1.69 bits per heavy atom. The van der Waals surface area contributed by atoms with E-state index in [1.165, 1.54) is 4.90 Å². The molecule has 0 bridgehead atoms. The third-order valence-corrected chi connectivity index (χ3v) is 7.34. The smallest absolute Gasteiger partial charge is 0.300 e. The van der Waals surface area contributed by atoms with Crippen LogP contribution in [0.25, 0.3) is 5.76 Å². The molecular formula is C29H28BrNO5. The number of carbonyl (C=O) groups is 2. The van der Waals surface area contributed by atoms with E-state index in [0.717, 1.165) is 21.2 Å². The number of benzene rings is 3. The molecule has 0 radical (unpaired) electrons. The normalized spacial score (nSPS) is 16.9. The molecule has 1 saturated heterocycles. The van der Waals surface area contributed by atoms with Crippen LogP contribution < -0.4 is 14.4 Å². The number of aliphatic hydroxyl groups excluding tert-OH is 1. The van der Waals surface area contributed by atoms with Crippen LogP contribution in [0.4, 0.5) is 5.69 Å². The number of aryl methyl sites for hydroxylation is 3. The average Bonchev–Trinajstić information content (AvgIpc) is 3.12. The largest absolute Gasteiger partial charge is 0.507 e. The number of carbonyl (C=O) groups excluding carboxylic acids is 2. The molecule has 36 heavy (non-hydrogen) atoms. The van der Waals surface area contributed by atoms with E-state index >= 15 is 0 Å². The molecule has 1 fully saturated rings. The number of nitrogens with zero attached hydrogens (tertiary/aromatic N) is 1. The molecule has 1 aliphatic heterocycles. The van der Waals surface area contributed by atoms with Crippen molar-refractivity contribution < 1.29 is 24.2 Å². The Morgan fingerprint density at radius 1 is 0.944 bits per heavy atom. The van der Waals surface area contributed by atoms with Gasteiger partial charge in [0.2, 0.25) is 0 Å². The van der Waals surface area contributed by atoms with Crippen molar-refractivity contribution in [1.82, 2.24) is 0 Å². The van der Waals surface area contributed by atoms with E-state index in [-0.39, 0.29) is 11.3 Å². The number of hydrogen-bond donors (Lipinski definition) is 1. The monoisotopic (exact) mass is 549 g/mol. The summed E-state index contributed by atoms with van der Waals surface area (Å²) in [7, 11) is 1.55. The number of rotatable bonds is 6. The molecule has 0 spiro atoms. The summed E-state index contributed by atoms with van der Waals surface area (Å²) in [5, 5.41) is 11.4. The minimum Gasteiger partial charge on any atom is -0.507 e. The molecular weight excluding hydrogens is 522 g/mol. The summed E-state index contributed by atoms with van der Waals surface area (Å²) in [5.41, 5.74) is 4.62. The second kappa shape index (κ2) is 10.2. The van der Waals surface area contributed by atoms with Crippen molar-refractivity contribution in [1.29, 1.82) is 0 Å². The van der Waals surface area contributed by atoms with Gasteiger partial charge in [-0.05, 0) is 86.3 Å². The fraction of sp³-hybridized carbons (Fsp3) is 0.241. The van der Waals surface area contributed by atoms with Crippen molar-refractivity contribution in [2.75, 3.05) is 18.6 Å². The van der Waals surface area contributed by atoms with Crippen LogP contribution in [0.15, 0.2) is 64.6 Å². The highest BCUT2D eigenvalue weighted by molar-refractivity contribution is 9.10. The Morgan fingerprint density at radius 3 is 2.33 bits per heavy atom. The summed E-state index contributed by atoms with van der Waals surface area (Å²) in [5.74, 6) is -0.651. The Kier molecular flexibility index (Phi) is 7.22. The van der Waals surface area contributed by atoms with E-state index in [4.69, 9.17) is 9.47 Å². The Balaban J connectivity index is 1.98. The molecule has 186 valence electrons. The number of aliphatic hydroxyl groups is 1. The third-order valence-electron chi connectivity index (χ3n) is 6.45. The molecule has 1 unspecified atom stereocenters. The molecule has 0 aromatic heterocycles. The summed E-state index contributed by atoms with van der Waals surface area (Å²) in [6, 6.07) is 15.3. The van der Waals surface area contributed by atoms with Crippen molar-refractivity contribution in [3.05, 3.63) is 92.5 Å². The van der Waals surface area contributed by atoms with Crippen LogP contribution in [-0.4, -0.2) is 30.5 Å². The lowest BCUT2D eigenvalue weighted by molar-refractivity contribution is -0.132. The number of anilines is 1. The van der Waals surface area contributed by atoms with Gasteiger partial charge in [-0.2, -0.15) is 0 Å². The third kappa shape index (κ3) is 4.51. The lowest BCUT2D eigenvalue weighted by Crippen LogP contribution is -2.29. The van der Waals surface area contributed by atoms with Crippen LogP contribution in [-0.2, 0) is 9.59 Å². The number of hydrogen-bond acceptors (Lipinski definition) is 5. The highest BCUT2D eigenvalue weighted by Gasteiger charge is 2.47. The van der Waals surface area contributed by atoms with Gasteiger partial charge in [0, 0.05) is 15.7 Å². The maximum absolute atomic E-state index is 13.5. The summed E-state index contributed by atoms with van der Waals surface area (Å²) in [4.78, 5) is 28.4. The zero-order chi connectivity index (χ0) is 26.1. The van der Waals surface area contributed by atoms with Gasteiger partial charge in [0.05, 0.1) is 25.3 Å². The van der Waals surface area contributed by atoms with Gasteiger partial charge in [-0.15, -0.1) is 0 Å². The van der Waals surface area contributed by atoms with Crippen LogP contribution >= 0.6 is 15.9 Å². The van der Waals surface area contributed by atoms with Gasteiger partial charge in [0.15, 0.2) is 11.5 Å². The van der Waals surface area contributed by atoms with Crippen LogP contribution in [0.3, 0.4) is 0 Å². The second-order valence-electron chi connectivity index (χ2n) is 8.74. The van der Waals surface area contributed by atoms with Gasteiger partial charge >= 0.3 is 0 Å². The topological polar surface area (TPSA) is 76.1 Å². The second-order valence-corrected chi connectivity index (χ2v) is 9.60. The summed E-state index contributed by atoms with van der Waals surface area (Å²) >= 11 is 3.47. The van der Waals surface area contributed by atoms with Crippen molar-refractivity contribution in [2.45, 2.75) is 33.7 Å². The van der Waals surface area contributed by atoms with Crippen LogP contribution in [0.5, 0.6) is 11.5 Å². The lowest BCUT2D eigenvalue weighted by Gasteiger charge is -2.26. The minimum absolute atomic E-state index is 0.0209. The molecule has 4 rings (SSSR count). The molecule has 1 aliphatic rings. The summed E-state index contributed by atoms with van der Waals surface area (Å²) < 4.78 is 12.1. The minimum atomic E-state index is -0.860. The van der Waals surface area contributed by atoms with Crippen LogP contribution in [0.2, 0.25) is 0 Å². The fourth-order valence-electron chi connectivity index (χ4n) is 4.37. The Hall–Kier alpha value is -3.58. The Bertz CT molecular complexity index is 1390. The van der Waals surface area contributed by atoms with E-state index < -0.39 is 17.7 Å². The molecule has 1 amide bonds. The van der Waals surface area contributed by atoms with Gasteiger partial charge in [0.1, 0.15) is 5.76 Å². The van der Waals surface area contributed by atoms with Gasteiger partial charge in [0.25, 0.3) is 11.7 Å². The molecule has 6 nitrogen and oxygen atoms in total. The van der Waals surface area contributed by atoms with Gasteiger partial charge in [-0.3, -0.25) is 14.5 Å². The molecule has 0 aliphatic carbocycles. The predicted octanol–water partition coefficient (Wildman–Crippen LogP) is 6.41. The quantitative estimate of drug-likeness (QED) is 0.218. The molecule has 7 heteroatoms. The lowest BCUT2D eigenvalue weighted by atomic mass is 9.94. The van der Waals surface area contributed by atoms with Crippen molar-refractivity contribution in [3.63, 3.8) is 0 Å². The molecule has 3 aromatic rings. The molecule has 1 atom stereocenters. The molecule has 3 aromatic carbocycles. The van der Waals surface area contributed by atoms with Gasteiger partial charge in [-0.25, -0.2) is 0 Å². The number of methoxy groups -OCH3 is 1. The molecule has 1 heterocycles. The maximum atomic E-state index is 13.5. The summed E-state index contributed by atoms with van der Waals surface area (Å²) in [6.45, 7) is 8.11. The number of Topliss-reactive ketones (excluding diaryl/α,β-unsaturated/α-hetero) is 1. The van der Waals surface area contributed by atoms with E-state index in [2.05, 4.69) is 15.9 Å². The molecule has 0 saturated carbocycles. The number of amides is 1. The van der Waals surface area contributed by atoms with Crippen molar-refractivity contribution in [3.8, 4) is 11.5 Å². The van der Waals surface area contributed by atoms with Crippen molar-refractivity contribution in [2.24, 2.45) is 0 Å². The van der Waals surface area contributed by atoms with Gasteiger partial charge < -0.3 is 14.6 Å². The van der Waals surface area contributed by atoms with E-state index in [1.54, 1.807) is 43.5 Å². The SMILES string of the molecule is CCOc1cc(C2/C(=C(\O)c3ccc(Br)c(C)c3)C(=O)C(=O)N2c2ccc(C)c(C)c2)ccc1OC. The first-order chi connectivity index (χ1) is 17.2. The number of ether oxygens (including phenoxy) is 2. The highest BCUT2D eigenvalue weighted by atomic mass is 79.9. The number of halogens is 1. The van der Waals surface area contributed by atoms with Crippen LogP contribution in [0, 0.1) is 20.8 Å². The fourth-order valence-corrected chi connectivity index (χ4v) is 4.62. The van der Waals surface area contributed by atoms with E-state index in [1.807, 2.05) is 45.9 Å². The van der Waals surface area contributed by atoms with Crippen molar-refractivity contribution >= 4 is 39.1 Å². The molecule has 1 N–H and O–H groups in total. The Labute approximate surface area is 219 Å². The highest BCUT2D eigenvalue weighted by Crippen LogP contribution is 2.44. The van der Waals surface area contributed by atoms with Crippen LogP contribution in [0.1, 0.15) is 40.8 Å². The zero-order valence-corrected chi connectivity index (χ0v) is 22.5. The average molecular weight is 550 g/mol. The predicted molar refractivity (Wildman–Crippen MR) is 144 cm³/mol. The van der Waals surface area contributed by atoms with E-state index in [0.29, 0.717) is 34.9 Å². The standard InChI is InChI=1S/C29H28BrNO5/c1-6-36-24-15-19(9-12-23(24)35-5)26-25(27(32)20-8-11-22(30)18(4)13-20)28(33)29(34)31(26)21-10-7-16(2)17(3)14-21/h7-15,26,32H,6H2,1-5H3/b27-25+. The zero-order valence-electron chi connectivity index (χ0n) is 20.9. The first-order valence-electron chi connectivity index (χ1n) is 11.6. The first kappa shape index (κ1) is 25.5. The maximum Gasteiger partial charge on any atom is 0.300 e. The summed E-state index contributed by atoms with van der Waals surface area (Å²) in [6.07, 6.45) is 0. The van der Waals surface area contributed by atoms with Gasteiger partial charge in [-0.1, -0.05) is 34.1 Å². The number of ketones is 1.